The maximum Gasteiger partial charge on any atom is 0.193 e. The molecule has 172 valence electrons. The maximum absolute atomic E-state index is 5.53. The van der Waals surface area contributed by atoms with E-state index in [2.05, 4.69) is 38.2 Å². The van der Waals surface area contributed by atoms with Gasteiger partial charge in [-0.2, -0.15) is 5.10 Å². The van der Waals surface area contributed by atoms with E-state index in [0.29, 0.717) is 5.92 Å². The molecule has 8 nitrogen and oxygen atoms in total. The second-order valence-electron chi connectivity index (χ2n) is 7.70. The Morgan fingerprint density at radius 1 is 1.19 bits per heavy atom. The lowest BCUT2D eigenvalue weighted by Gasteiger charge is -2.37. The van der Waals surface area contributed by atoms with Crippen LogP contribution in [-0.4, -0.2) is 79.5 Å². The summed E-state index contributed by atoms with van der Waals surface area (Å²) in [6.45, 7) is 8.68. The Morgan fingerprint density at radius 3 is 2.58 bits per heavy atom. The minimum Gasteiger partial charge on any atom is -0.497 e. The third kappa shape index (κ3) is 7.27. The second kappa shape index (κ2) is 12.7. The first-order valence-electron chi connectivity index (χ1n) is 10.5. The first-order chi connectivity index (χ1) is 14.6. The smallest absolute Gasteiger partial charge is 0.193 e. The lowest BCUT2D eigenvalue weighted by molar-refractivity contribution is 0.170. The van der Waals surface area contributed by atoms with Gasteiger partial charge in [-0.05, 0) is 30.2 Å². The lowest BCUT2D eigenvalue weighted by atomic mass is 10.1. The van der Waals surface area contributed by atoms with E-state index >= 15 is 0 Å². The Hall–Kier alpha value is -2.01. The number of methoxy groups -OCH3 is 2. The summed E-state index contributed by atoms with van der Waals surface area (Å²) < 4.78 is 12.9. The molecule has 31 heavy (non-hydrogen) atoms. The van der Waals surface area contributed by atoms with Gasteiger partial charge in [0.1, 0.15) is 11.5 Å². The summed E-state index contributed by atoms with van der Waals surface area (Å²) in [5.74, 6) is 3.20. The van der Waals surface area contributed by atoms with Crippen molar-refractivity contribution in [3.63, 3.8) is 0 Å². The van der Waals surface area contributed by atoms with Gasteiger partial charge in [0, 0.05) is 70.8 Å². The Bertz CT molecular complexity index is 806. The molecule has 1 saturated heterocycles. The zero-order chi connectivity index (χ0) is 21.3. The number of guanidine groups is 1. The van der Waals surface area contributed by atoms with Gasteiger partial charge in [0.05, 0.1) is 14.2 Å². The molecule has 1 aromatic heterocycles. The molecule has 1 fully saturated rings. The number of hydrogen-bond acceptors (Lipinski definition) is 5. The summed E-state index contributed by atoms with van der Waals surface area (Å²) in [5.41, 5.74) is 1.15. The van der Waals surface area contributed by atoms with Crippen molar-refractivity contribution >= 4 is 29.9 Å². The number of nitrogens with zero attached hydrogens (tertiary/aromatic N) is 5. The predicted octanol–water partition coefficient (Wildman–Crippen LogP) is 2.55. The highest BCUT2D eigenvalue weighted by Gasteiger charge is 2.21. The molecule has 1 N–H and O–H groups in total. The van der Waals surface area contributed by atoms with Crippen molar-refractivity contribution in [3.8, 4) is 11.5 Å². The molecule has 2 aromatic rings. The number of hydrogen-bond donors (Lipinski definition) is 1. The number of halogens is 1. The fourth-order valence-corrected chi connectivity index (χ4v) is 3.75. The predicted molar refractivity (Wildman–Crippen MR) is 135 cm³/mol. The number of ether oxygens (including phenoxy) is 2. The number of nitrogens with one attached hydrogen (secondary N) is 1. The number of rotatable bonds is 8. The average Bonchev–Trinajstić information content (AvgIpc) is 3.28. The third-order valence-corrected chi connectivity index (χ3v) is 5.43. The van der Waals surface area contributed by atoms with E-state index in [1.54, 1.807) is 14.2 Å². The molecular weight excluding hydrogens is 507 g/mol. The van der Waals surface area contributed by atoms with Crippen molar-refractivity contribution in [2.75, 3.05) is 54.0 Å². The van der Waals surface area contributed by atoms with E-state index in [1.165, 1.54) is 0 Å². The first kappa shape index (κ1) is 25.3. The highest BCUT2D eigenvalue weighted by Crippen LogP contribution is 2.25. The Labute approximate surface area is 202 Å². The van der Waals surface area contributed by atoms with Crippen LogP contribution in [-0.2, 0) is 13.1 Å². The number of piperazine rings is 1. The van der Waals surface area contributed by atoms with Crippen molar-refractivity contribution in [3.05, 3.63) is 42.2 Å². The molecule has 1 atom stereocenters. The van der Waals surface area contributed by atoms with Gasteiger partial charge in [-0.1, -0.05) is 6.92 Å². The van der Waals surface area contributed by atoms with Crippen LogP contribution in [0, 0.1) is 5.92 Å². The molecule has 9 heteroatoms. The highest BCUT2D eigenvalue weighted by molar-refractivity contribution is 14.0. The van der Waals surface area contributed by atoms with Gasteiger partial charge in [-0.15, -0.1) is 24.0 Å². The van der Waals surface area contributed by atoms with Crippen molar-refractivity contribution in [1.82, 2.24) is 24.9 Å². The minimum atomic E-state index is 0. The molecule has 0 bridgehead atoms. The van der Waals surface area contributed by atoms with E-state index in [-0.39, 0.29) is 24.0 Å². The van der Waals surface area contributed by atoms with Gasteiger partial charge in [-0.25, -0.2) is 0 Å². The van der Waals surface area contributed by atoms with Crippen LogP contribution in [0.1, 0.15) is 12.5 Å². The van der Waals surface area contributed by atoms with Crippen molar-refractivity contribution in [2.45, 2.75) is 20.0 Å². The van der Waals surface area contributed by atoms with Crippen LogP contribution in [0.5, 0.6) is 11.5 Å². The van der Waals surface area contributed by atoms with E-state index in [4.69, 9.17) is 9.47 Å². The minimum absolute atomic E-state index is 0. The summed E-state index contributed by atoms with van der Waals surface area (Å²) in [4.78, 5) is 9.27. The van der Waals surface area contributed by atoms with Gasteiger partial charge >= 0.3 is 0 Å². The van der Waals surface area contributed by atoms with E-state index in [9.17, 15) is 0 Å². The van der Waals surface area contributed by atoms with Crippen LogP contribution < -0.4 is 14.8 Å². The molecular formula is C22H35IN6O2. The van der Waals surface area contributed by atoms with E-state index < -0.39 is 0 Å². The maximum atomic E-state index is 5.53. The van der Waals surface area contributed by atoms with Gasteiger partial charge in [-0.3, -0.25) is 14.6 Å². The topological polar surface area (TPSA) is 67.2 Å². The molecule has 0 radical (unpaired) electrons. The molecule has 0 spiro atoms. The zero-order valence-electron chi connectivity index (χ0n) is 19.0. The largest absolute Gasteiger partial charge is 0.497 e. The summed E-state index contributed by atoms with van der Waals surface area (Å²) in [6, 6.07) is 7.93. The summed E-state index contributed by atoms with van der Waals surface area (Å²) >= 11 is 0. The normalized spacial score (nSPS) is 15.9. The van der Waals surface area contributed by atoms with Crippen LogP contribution in [0.15, 0.2) is 41.7 Å². The average molecular weight is 542 g/mol. The van der Waals surface area contributed by atoms with E-state index in [0.717, 1.165) is 68.8 Å². The monoisotopic (exact) mass is 542 g/mol. The molecule has 1 aliphatic heterocycles. The van der Waals surface area contributed by atoms with Crippen LogP contribution in [0.2, 0.25) is 0 Å². The third-order valence-electron chi connectivity index (χ3n) is 5.43. The summed E-state index contributed by atoms with van der Waals surface area (Å²) in [5, 5.41) is 7.81. The second-order valence-corrected chi connectivity index (χ2v) is 7.70. The molecule has 0 aliphatic carbocycles. The van der Waals surface area contributed by atoms with Crippen molar-refractivity contribution in [2.24, 2.45) is 10.9 Å². The standard InChI is InChI=1S/C22H34N6O2.HI/c1-18(16-28-9-5-8-25-28)15-24-22(23-2)27-12-10-26(11-13-27)17-19-14-20(29-3)6-7-21(19)30-4;/h5-9,14,18H,10-13,15-17H2,1-4H3,(H,23,24);1H. The van der Waals surface area contributed by atoms with Gasteiger partial charge in [0.15, 0.2) is 5.96 Å². The number of aliphatic imine (C=N–C) groups is 1. The van der Waals surface area contributed by atoms with Crippen molar-refractivity contribution in [1.29, 1.82) is 0 Å². The molecule has 1 unspecified atom stereocenters. The highest BCUT2D eigenvalue weighted by atomic mass is 127. The number of aromatic nitrogens is 2. The van der Waals surface area contributed by atoms with Gasteiger partial charge < -0.3 is 19.7 Å². The number of benzene rings is 1. The molecule has 3 rings (SSSR count). The zero-order valence-corrected chi connectivity index (χ0v) is 21.3. The molecule has 1 aliphatic rings. The SMILES string of the molecule is CN=C(NCC(C)Cn1cccn1)N1CCN(Cc2cc(OC)ccc2OC)CC1.I. The van der Waals surface area contributed by atoms with E-state index in [1.807, 2.05) is 42.3 Å². The molecule has 0 amide bonds. The fraction of sp³-hybridized carbons (Fsp3) is 0.545. The summed E-state index contributed by atoms with van der Waals surface area (Å²) in [6.07, 6.45) is 3.82. The van der Waals surface area contributed by atoms with Crippen LogP contribution in [0.3, 0.4) is 0 Å². The molecule has 0 saturated carbocycles. The first-order valence-corrected chi connectivity index (χ1v) is 10.5. The van der Waals surface area contributed by atoms with Crippen LogP contribution in [0.25, 0.3) is 0 Å². The summed E-state index contributed by atoms with van der Waals surface area (Å²) in [7, 11) is 5.26. The van der Waals surface area contributed by atoms with Gasteiger partial charge in [0.25, 0.3) is 0 Å². The molecule has 2 heterocycles. The van der Waals surface area contributed by atoms with Crippen LogP contribution in [0.4, 0.5) is 0 Å². The fourth-order valence-electron chi connectivity index (χ4n) is 3.75. The van der Waals surface area contributed by atoms with Gasteiger partial charge in [0.2, 0.25) is 0 Å². The Balaban J connectivity index is 0.00000341. The van der Waals surface area contributed by atoms with Crippen molar-refractivity contribution < 1.29 is 9.47 Å². The quantitative estimate of drug-likeness (QED) is 0.314. The van der Waals surface area contributed by atoms with Crippen LogP contribution >= 0.6 is 24.0 Å². The molecule has 1 aromatic carbocycles. The lowest BCUT2D eigenvalue weighted by Crippen LogP contribution is -2.52. The Morgan fingerprint density at radius 2 is 1.97 bits per heavy atom. The Kier molecular flexibility index (Phi) is 10.4.